The molecular weight excluding hydrogens is 292 g/mol. The molecule has 2 aliphatic heterocycles. The second-order valence-corrected chi connectivity index (χ2v) is 8.86. The standard InChI is InChI=1S/C14H28N2O4S/c1-15(2)21(18,19)10-7-16-12-14(4-3-13(16)11-17)5-8-20-9-6-14/h13,17H,3-12H2,1-2H3. The second kappa shape index (κ2) is 6.91. The number of likely N-dealkylation sites (tertiary alicyclic amines) is 1. The lowest BCUT2D eigenvalue weighted by atomic mass is 9.72. The highest BCUT2D eigenvalue weighted by molar-refractivity contribution is 7.89. The fourth-order valence-corrected chi connectivity index (χ4v) is 4.22. The zero-order valence-electron chi connectivity index (χ0n) is 13.1. The topological polar surface area (TPSA) is 70.1 Å². The molecule has 21 heavy (non-hydrogen) atoms. The first kappa shape index (κ1) is 17.1. The SMILES string of the molecule is CN(C)S(=O)(=O)CCN1CC2(CCOCC2)CCC1CO. The van der Waals surface area contributed by atoms with Gasteiger partial charge in [0.25, 0.3) is 0 Å². The summed E-state index contributed by atoms with van der Waals surface area (Å²) in [6, 6.07) is 0.0934. The van der Waals surface area contributed by atoms with E-state index in [9.17, 15) is 13.5 Å². The van der Waals surface area contributed by atoms with Gasteiger partial charge in [0.2, 0.25) is 10.0 Å². The van der Waals surface area contributed by atoms with Crippen LogP contribution in [-0.2, 0) is 14.8 Å². The number of hydrogen-bond donors (Lipinski definition) is 1. The largest absolute Gasteiger partial charge is 0.395 e. The molecule has 1 N–H and O–H groups in total. The summed E-state index contributed by atoms with van der Waals surface area (Å²) in [5.74, 6) is 0.114. The Morgan fingerprint density at radius 1 is 1.29 bits per heavy atom. The lowest BCUT2D eigenvalue weighted by Gasteiger charge is -2.48. The van der Waals surface area contributed by atoms with Crippen molar-refractivity contribution in [3.63, 3.8) is 0 Å². The molecule has 2 aliphatic rings. The smallest absolute Gasteiger partial charge is 0.214 e. The number of hydrogen-bond acceptors (Lipinski definition) is 5. The van der Waals surface area contributed by atoms with E-state index in [4.69, 9.17) is 4.74 Å². The number of piperidine rings is 1. The van der Waals surface area contributed by atoms with Gasteiger partial charge in [-0.15, -0.1) is 0 Å². The van der Waals surface area contributed by atoms with Gasteiger partial charge < -0.3 is 9.84 Å². The molecule has 0 saturated carbocycles. The Hall–Kier alpha value is -0.210. The van der Waals surface area contributed by atoms with Crippen LogP contribution in [0.4, 0.5) is 0 Å². The average molecular weight is 320 g/mol. The van der Waals surface area contributed by atoms with E-state index in [0.717, 1.165) is 45.4 Å². The molecule has 7 heteroatoms. The van der Waals surface area contributed by atoms with Gasteiger partial charge in [0, 0.05) is 46.4 Å². The van der Waals surface area contributed by atoms with Gasteiger partial charge in [-0.05, 0) is 31.1 Å². The first-order valence-electron chi connectivity index (χ1n) is 7.71. The van der Waals surface area contributed by atoms with E-state index in [1.807, 2.05) is 0 Å². The predicted octanol–water partition coefficient (Wildman–Crippen LogP) is 0.131. The third-order valence-corrected chi connectivity index (χ3v) is 6.83. The van der Waals surface area contributed by atoms with E-state index >= 15 is 0 Å². The summed E-state index contributed by atoms with van der Waals surface area (Å²) in [6.07, 6.45) is 4.14. The number of aliphatic hydroxyl groups excluding tert-OH is 1. The molecule has 0 aromatic carbocycles. The Balaban J connectivity index is 2.00. The Morgan fingerprint density at radius 2 is 1.95 bits per heavy atom. The molecule has 2 heterocycles. The fraction of sp³-hybridized carbons (Fsp3) is 1.00. The lowest BCUT2D eigenvalue weighted by molar-refractivity contribution is -0.0503. The molecule has 2 rings (SSSR count). The summed E-state index contributed by atoms with van der Waals surface area (Å²) in [6.45, 7) is 3.08. The van der Waals surface area contributed by atoms with Crippen LogP contribution in [0.3, 0.4) is 0 Å². The number of aliphatic hydroxyl groups is 1. The van der Waals surface area contributed by atoms with Crippen LogP contribution in [0.25, 0.3) is 0 Å². The summed E-state index contributed by atoms with van der Waals surface area (Å²) < 4.78 is 30.6. The zero-order valence-corrected chi connectivity index (χ0v) is 13.9. The quantitative estimate of drug-likeness (QED) is 0.780. The van der Waals surface area contributed by atoms with Crippen LogP contribution in [-0.4, -0.2) is 81.5 Å². The van der Waals surface area contributed by atoms with Crippen LogP contribution in [0.2, 0.25) is 0 Å². The van der Waals surface area contributed by atoms with Crippen LogP contribution in [0.15, 0.2) is 0 Å². The van der Waals surface area contributed by atoms with Crippen molar-refractivity contribution in [2.75, 3.05) is 52.8 Å². The second-order valence-electron chi connectivity index (χ2n) is 6.56. The molecule has 0 aromatic rings. The van der Waals surface area contributed by atoms with Crippen molar-refractivity contribution < 1.29 is 18.3 Å². The maximum atomic E-state index is 12.0. The van der Waals surface area contributed by atoms with Crippen molar-refractivity contribution in [1.82, 2.24) is 9.21 Å². The summed E-state index contributed by atoms with van der Waals surface area (Å²) in [5, 5.41) is 9.56. The summed E-state index contributed by atoms with van der Waals surface area (Å²) >= 11 is 0. The molecule has 124 valence electrons. The molecule has 0 amide bonds. The van der Waals surface area contributed by atoms with Gasteiger partial charge in [0.05, 0.1) is 12.4 Å². The van der Waals surface area contributed by atoms with E-state index in [0.29, 0.717) is 6.54 Å². The normalized spacial score (nSPS) is 27.3. The molecule has 1 spiro atoms. The van der Waals surface area contributed by atoms with Crippen LogP contribution in [0, 0.1) is 5.41 Å². The van der Waals surface area contributed by atoms with Crippen LogP contribution >= 0.6 is 0 Å². The van der Waals surface area contributed by atoms with Crippen LogP contribution in [0.5, 0.6) is 0 Å². The van der Waals surface area contributed by atoms with E-state index in [-0.39, 0.29) is 23.8 Å². The molecule has 0 aliphatic carbocycles. The molecule has 0 bridgehead atoms. The minimum atomic E-state index is -3.19. The van der Waals surface area contributed by atoms with Gasteiger partial charge in [-0.2, -0.15) is 0 Å². The fourth-order valence-electron chi connectivity index (χ4n) is 3.39. The Kier molecular flexibility index (Phi) is 5.65. The molecule has 1 unspecified atom stereocenters. The van der Waals surface area contributed by atoms with E-state index < -0.39 is 10.0 Å². The van der Waals surface area contributed by atoms with Gasteiger partial charge >= 0.3 is 0 Å². The highest BCUT2D eigenvalue weighted by atomic mass is 32.2. The Morgan fingerprint density at radius 3 is 2.52 bits per heavy atom. The number of nitrogens with zero attached hydrogens (tertiary/aromatic N) is 2. The Bertz CT molecular complexity index is 432. The molecular formula is C14H28N2O4S. The predicted molar refractivity (Wildman–Crippen MR) is 81.6 cm³/mol. The van der Waals surface area contributed by atoms with E-state index in [1.165, 1.54) is 4.31 Å². The number of rotatable bonds is 5. The average Bonchev–Trinajstić information content (AvgIpc) is 2.46. The van der Waals surface area contributed by atoms with Crippen molar-refractivity contribution in [2.45, 2.75) is 31.7 Å². The molecule has 0 aromatic heterocycles. The number of ether oxygens (including phenoxy) is 1. The van der Waals surface area contributed by atoms with Crippen LogP contribution < -0.4 is 0 Å². The number of sulfonamides is 1. The van der Waals surface area contributed by atoms with Crippen LogP contribution in [0.1, 0.15) is 25.7 Å². The third kappa shape index (κ3) is 4.16. The monoisotopic (exact) mass is 320 g/mol. The minimum Gasteiger partial charge on any atom is -0.395 e. The highest BCUT2D eigenvalue weighted by Crippen LogP contribution is 2.40. The van der Waals surface area contributed by atoms with Crippen molar-refractivity contribution in [2.24, 2.45) is 5.41 Å². The highest BCUT2D eigenvalue weighted by Gasteiger charge is 2.40. The maximum absolute atomic E-state index is 12.0. The van der Waals surface area contributed by atoms with Gasteiger partial charge in [-0.3, -0.25) is 4.90 Å². The van der Waals surface area contributed by atoms with Gasteiger partial charge in [0.15, 0.2) is 0 Å². The Labute approximate surface area is 128 Å². The van der Waals surface area contributed by atoms with Gasteiger partial charge in [-0.1, -0.05) is 0 Å². The third-order valence-electron chi connectivity index (χ3n) is 5.02. The summed E-state index contributed by atoms with van der Waals surface area (Å²) in [5.41, 5.74) is 0.256. The summed E-state index contributed by atoms with van der Waals surface area (Å²) in [4.78, 5) is 2.18. The molecule has 2 fully saturated rings. The van der Waals surface area contributed by atoms with Gasteiger partial charge in [0.1, 0.15) is 0 Å². The van der Waals surface area contributed by atoms with E-state index in [2.05, 4.69) is 4.90 Å². The van der Waals surface area contributed by atoms with Crippen molar-refractivity contribution in [3.05, 3.63) is 0 Å². The van der Waals surface area contributed by atoms with Crippen molar-refractivity contribution in [3.8, 4) is 0 Å². The molecule has 6 nitrogen and oxygen atoms in total. The van der Waals surface area contributed by atoms with Crippen molar-refractivity contribution in [1.29, 1.82) is 0 Å². The van der Waals surface area contributed by atoms with Crippen molar-refractivity contribution >= 4 is 10.0 Å². The summed E-state index contributed by atoms with van der Waals surface area (Å²) in [7, 11) is -0.0571. The van der Waals surface area contributed by atoms with E-state index in [1.54, 1.807) is 14.1 Å². The first-order valence-corrected chi connectivity index (χ1v) is 9.32. The van der Waals surface area contributed by atoms with Gasteiger partial charge in [-0.25, -0.2) is 12.7 Å². The maximum Gasteiger partial charge on any atom is 0.214 e. The lowest BCUT2D eigenvalue weighted by Crippen LogP contribution is -2.53. The molecule has 0 radical (unpaired) electrons. The molecule has 2 saturated heterocycles. The first-order chi connectivity index (χ1) is 9.88. The minimum absolute atomic E-state index is 0.0934. The zero-order chi connectivity index (χ0) is 15.5. The molecule has 1 atom stereocenters.